The van der Waals surface area contributed by atoms with Crippen LogP contribution in [-0.2, 0) is 11.3 Å². The Balaban J connectivity index is 1.71. The average Bonchev–Trinajstić information content (AvgIpc) is 2.59. The summed E-state index contributed by atoms with van der Waals surface area (Å²) in [6.07, 6.45) is -5.31. The molecular formula is C16H23F3N4O3. The number of hydrogen-bond donors (Lipinski definition) is 3. The molecular weight excluding hydrogens is 353 g/mol. The van der Waals surface area contributed by atoms with Gasteiger partial charge in [-0.1, -0.05) is 12.1 Å². The first-order chi connectivity index (χ1) is 12.3. The predicted molar refractivity (Wildman–Crippen MR) is 89.7 cm³/mol. The Bertz CT molecular complexity index is 575. The summed E-state index contributed by atoms with van der Waals surface area (Å²) in [7, 11) is 0. The quantitative estimate of drug-likeness (QED) is 0.479. The minimum absolute atomic E-state index is 0.154. The highest BCUT2D eigenvalue weighted by Gasteiger charge is 2.30. The molecule has 1 unspecified atom stereocenters. The van der Waals surface area contributed by atoms with Crippen molar-refractivity contribution in [1.82, 2.24) is 10.2 Å². The minimum atomic E-state index is -4.71. The van der Waals surface area contributed by atoms with Crippen molar-refractivity contribution in [3.05, 3.63) is 29.8 Å². The van der Waals surface area contributed by atoms with Crippen LogP contribution in [0.4, 0.5) is 13.2 Å². The van der Waals surface area contributed by atoms with Gasteiger partial charge >= 0.3 is 6.36 Å². The number of guanidine groups is 1. The van der Waals surface area contributed by atoms with E-state index in [0.29, 0.717) is 25.3 Å². The van der Waals surface area contributed by atoms with Crippen molar-refractivity contribution in [2.24, 2.45) is 10.7 Å². The molecule has 0 aromatic heterocycles. The number of hydrogen-bond acceptors (Lipinski definition) is 5. The van der Waals surface area contributed by atoms with Gasteiger partial charge in [-0.05, 0) is 17.7 Å². The lowest BCUT2D eigenvalue weighted by atomic mass is 10.2. The van der Waals surface area contributed by atoms with E-state index in [0.717, 1.165) is 13.1 Å². The normalized spacial score (nSPS) is 17.8. The van der Waals surface area contributed by atoms with Crippen molar-refractivity contribution in [3.63, 3.8) is 0 Å². The van der Waals surface area contributed by atoms with E-state index in [-0.39, 0.29) is 24.8 Å². The first-order valence-corrected chi connectivity index (χ1v) is 8.18. The lowest BCUT2D eigenvalue weighted by molar-refractivity contribution is -0.274. The Morgan fingerprint density at radius 1 is 1.31 bits per heavy atom. The van der Waals surface area contributed by atoms with Gasteiger partial charge in [0, 0.05) is 26.2 Å². The third-order valence-electron chi connectivity index (χ3n) is 3.68. The van der Waals surface area contributed by atoms with E-state index < -0.39 is 12.5 Å². The standard InChI is InChI=1S/C16H23F3N4O3/c17-16(18,19)26-14-3-1-12(2-4-14)9-21-15(20)22-10-13(24)11-23-5-7-25-8-6-23/h1-4,13,24H,5-11H2,(H3,20,21,22). The number of rotatable bonds is 7. The summed E-state index contributed by atoms with van der Waals surface area (Å²) in [5.41, 5.74) is 6.42. The number of nitrogens with one attached hydrogen (secondary N) is 1. The SMILES string of the molecule is NC(=NCc1ccc(OC(F)(F)F)cc1)NCC(O)CN1CCOCC1. The Kier molecular flexibility index (Phi) is 7.49. The first-order valence-electron chi connectivity index (χ1n) is 8.18. The number of halogens is 3. The van der Waals surface area contributed by atoms with Crippen LogP contribution in [0.15, 0.2) is 29.3 Å². The Morgan fingerprint density at radius 2 is 1.96 bits per heavy atom. The molecule has 1 fully saturated rings. The molecule has 4 N–H and O–H groups in total. The molecule has 0 bridgehead atoms. The van der Waals surface area contributed by atoms with E-state index in [4.69, 9.17) is 10.5 Å². The molecule has 1 saturated heterocycles. The second kappa shape index (κ2) is 9.60. The topological polar surface area (TPSA) is 92.3 Å². The molecule has 0 aliphatic carbocycles. The first kappa shape index (κ1) is 20.3. The third kappa shape index (κ3) is 7.89. The molecule has 26 heavy (non-hydrogen) atoms. The van der Waals surface area contributed by atoms with Crippen molar-refractivity contribution >= 4 is 5.96 Å². The molecule has 7 nitrogen and oxygen atoms in total. The van der Waals surface area contributed by atoms with Gasteiger partial charge in [-0.3, -0.25) is 4.90 Å². The van der Waals surface area contributed by atoms with E-state index in [1.807, 2.05) is 0 Å². The maximum Gasteiger partial charge on any atom is 0.573 e. The van der Waals surface area contributed by atoms with Gasteiger partial charge < -0.3 is 25.6 Å². The fourth-order valence-electron chi connectivity index (χ4n) is 2.40. The van der Waals surface area contributed by atoms with Gasteiger partial charge in [0.15, 0.2) is 5.96 Å². The number of morpholine rings is 1. The van der Waals surface area contributed by atoms with Crippen molar-refractivity contribution in [2.45, 2.75) is 19.0 Å². The van der Waals surface area contributed by atoms with Crippen LogP contribution >= 0.6 is 0 Å². The number of ether oxygens (including phenoxy) is 2. The van der Waals surface area contributed by atoms with Crippen LogP contribution < -0.4 is 15.8 Å². The summed E-state index contributed by atoms with van der Waals surface area (Å²) in [5, 5.41) is 12.8. The smallest absolute Gasteiger partial charge is 0.406 e. The van der Waals surface area contributed by atoms with Crippen molar-refractivity contribution < 1.29 is 27.8 Å². The van der Waals surface area contributed by atoms with Crippen LogP contribution in [-0.4, -0.2) is 67.8 Å². The monoisotopic (exact) mass is 376 g/mol. The highest BCUT2D eigenvalue weighted by Crippen LogP contribution is 2.22. The van der Waals surface area contributed by atoms with Gasteiger partial charge in [0.25, 0.3) is 0 Å². The molecule has 0 saturated carbocycles. The number of nitrogens with zero attached hydrogens (tertiary/aromatic N) is 2. The highest BCUT2D eigenvalue weighted by atomic mass is 19.4. The second-order valence-electron chi connectivity index (χ2n) is 5.84. The van der Waals surface area contributed by atoms with E-state index in [2.05, 4.69) is 19.9 Å². The number of aliphatic hydroxyl groups excluding tert-OH is 1. The van der Waals surface area contributed by atoms with Crippen LogP contribution in [0.3, 0.4) is 0 Å². The summed E-state index contributed by atoms with van der Waals surface area (Å²) in [4.78, 5) is 6.20. The van der Waals surface area contributed by atoms with Crippen LogP contribution in [0.2, 0.25) is 0 Å². The zero-order valence-corrected chi connectivity index (χ0v) is 14.2. The lowest BCUT2D eigenvalue weighted by Crippen LogP contribution is -2.45. The van der Waals surface area contributed by atoms with E-state index in [1.54, 1.807) is 0 Å². The Morgan fingerprint density at radius 3 is 2.58 bits per heavy atom. The van der Waals surface area contributed by atoms with Gasteiger partial charge in [0.1, 0.15) is 5.75 Å². The number of alkyl halides is 3. The molecule has 1 heterocycles. The van der Waals surface area contributed by atoms with Gasteiger partial charge in [-0.15, -0.1) is 13.2 Å². The molecule has 0 spiro atoms. The lowest BCUT2D eigenvalue weighted by Gasteiger charge is -2.28. The Hall–Kier alpha value is -2.04. The molecule has 10 heteroatoms. The average molecular weight is 376 g/mol. The molecule has 1 atom stereocenters. The summed E-state index contributed by atoms with van der Waals surface area (Å²) in [6.45, 7) is 3.87. The fourth-order valence-corrected chi connectivity index (χ4v) is 2.40. The molecule has 1 aliphatic heterocycles. The fraction of sp³-hybridized carbons (Fsp3) is 0.562. The molecule has 0 amide bonds. The number of aliphatic hydroxyl groups is 1. The number of benzene rings is 1. The Labute approximate surface area is 149 Å². The summed E-state index contributed by atoms with van der Waals surface area (Å²) in [6, 6.07) is 5.39. The van der Waals surface area contributed by atoms with E-state index >= 15 is 0 Å². The summed E-state index contributed by atoms with van der Waals surface area (Å²) < 4.78 is 45.3. The summed E-state index contributed by atoms with van der Waals surface area (Å²) in [5.74, 6) is -0.135. The van der Waals surface area contributed by atoms with Gasteiger partial charge in [0.05, 0.1) is 25.9 Å². The maximum atomic E-state index is 12.1. The predicted octanol–water partition coefficient (Wildman–Crippen LogP) is 0.683. The van der Waals surface area contributed by atoms with Gasteiger partial charge in [-0.2, -0.15) is 0 Å². The summed E-state index contributed by atoms with van der Waals surface area (Å²) >= 11 is 0. The van der Waals surface area contributed by atoms with Crippen molar-refractivity contribution in [1.29, 1.82) is 0 Å². The van der Waals surface area contributed by atoms with Gasteiger partial charge in [-0.25, -0.2) is 4.99 Å². The zero-order chi connectivity index (χ0) is 19.0. The molecule has 1 aromatic carbocycles. The van der Waals surface area contributed by atoms with Crippen molar-refractivity contribution in [2.75, 3.05) is 39.4 Å². The third-order valence-corrected chi connectivity index (χ3v) is 3.68. The molecule has 0 radical (unpaired) electrons. The molecule has 1 aromatic rings. The van der Waals surface area contributed by atoms with Gasteiger partial charge in [0.2, 0.25) is 0 Å². The van der Waals surface area contributed by atoms with E-state index in [9.17, 15) is 18.3 Å². The second-order valence-corrected chi connectivity index (χ2v) is 5.84. The molecule has 1 aliphatic rings. The van der Waals surface area contributed by atoms with Crippen LogP contribution in [0.1, 0.15) is 5.56 Å². The van der Waals surface area contributed by atoms with E-state index in [1.165, 1.54) is 24.3 Å². The number of β-amino-alcohol motifs (C(OH)–C–C–N with tert-alkyl or cyclic N) is 1. The zero-order valence-electron chi connectivity index (χ0n) is 14.2. The van der Waals surface area contributed by atoms with Crippen molar-refractivity contribution in [3.8, 4) is 5.75 Å². The largest absolute Gasteiger partial charge is 0.573 e. The van der Waals surface area contributed by atoms with Crippen LogP contribution in [0.5, 0.6) is 5.75 Å². The molecule has 146 valence electrons. The maximum absolute atomic E-state index is 12.1. The highest BCUT2D eigenvalue weighted by molar-refractivity contribution is 5.77. The number of nitrogens with two attached hydrogens (primary N) is 1. The van der Waals surface area contributed by atoms with Crippen LogP contribution in [0.25, 0.3) is 0 Å². The molecule has 2 rings (SSSR count). The minimum Gasteiger partial charge on any atom is -0.406 e. The van der Waals surface area contributed by atoms with Crippen LogP contribution in [0, 0.1) is 0 Å². The number of aliphatic imine (C=N–C) groups is 1.